The molecule has 8 heteroatoms. The fraction of sp³-hybridized carbons (Fsp3) is 0.269. The van der Waals surface area contributed by atoms with Crippen molar-refractivity contribution in [1.82, 2.24) is 5.32 Å². The van der Waals surface area contributed by atoms with Crippen LogP contribution in [0.1, 0.15) is 31.0 Å². The number of anilines is 1. The SMILES string of the molecule is CCOc1ccc(N(CC(=O)NC(C)c2ccc(OC)cc2)S(=O)(=O)c2ccc(C)cc2)cc1. The van der Waals surface area contributed by atoms with Gasteiger partial charge in [-0.3, -0.25) is 9.10 Å². The van der Waals surface area contributed by atoms with Crippen LogP contribution in [-0.4, -0.2) is 34.6 Å². The third-order valence-corrected chi connectivity index (χ3v) is 7.11. The number of sulfonamides is 1. The van der Waals surface area contributed by atoms with E-state index >= 15 is 0 Å². The largest absolute Gasteiger partial charge is 0.497 e. The number of ether oxygens (including phenoxy) is 2. The third-order valence-electron chi connectivity index (χ3n) is 5.33. The van der Waals surface area contributed by atoms with Crippen LogP contribution in [-0.2, 0) is 14.8 Å². The molecule has 0 aliphatic heterocycles. The van der Waals surface area contributed by atoms with E-state index in [0.29, 0.717) is 23.8 Å². The van der Waals surface area contributed by atoms with Gasteiger partial charge in [-0.15, -0.1) is 0 Å². The molecule has 0 saturated carbocycles. The Morgan fingerprint density at radius 1 is 0.941 bits per heavy atom. The van der Waals surface area contributed by atoms with Crippen molar-refractivity contribution in [1.29, 1.82) is 0 Å². The van der Waals surface area contributed by atoms with Crippen molar-refractivity contribution >= 4 is 21.6 Å². The Hall–Kier alpha value is -3.52. The molecule has 34 heavy (non-hydrogen) atoms. The average Bonchev–Trinajstić information content (AvgIpc) is 2.83. The highest BCUT2D eigenvalue weighted by molar-refractivity contribution is 7.92. The number of benzene rings is 3. The van der Waals surface area contributed by atoms with E-state index in [2.05, 4.69) is 5.32 Å². The van der Waals surface area contributed by atoms with Gasteiger partial charge in [-0.1, -0.05) is 29.8 Å². The van der Waals surface area contributed by atoms with E-state index in [1.807, 2.05) is 45.0 Å². The lowest BCUT2D eigenvalue weighted by atomic mass is 10.1. The lowest BCUT2D eigenvalue weighted by molar-refractivity contribution is -0.120. The van der Waals surface area contributed by atoms with Gasteiger partial charge in [-0.05, 0) is 74.9 Å². The summed E-state index contributed by atoms with van der Waals surface area (Å²) in [6, 6.07) is 20.2. The maximum Gasteiger partial charge on any atom is 0.264 e. The van der Waals surface area contributed by atoms with Crippen molar-refractivity contribution in [2.24, 2.45) is 0 Å². The molecule has 0 radical (unpaired) electrons. The topological polar surface area (TPSA) is 84.9 Å². The molecule has 1 atom stereocenters. The lowest BCUT2D eigenvalue weighted by Gasteiger charge is -2.25. The van der Waals surface area contributed by atoms with Gasteiger partial charge in [0.1, 0.15) is 18.0 Å². The Balaban J connectivity index is 1.86. The second-order valence-corrected chi connectivity index (χ2v) is 9.68. The zero-order valence-corrected chi connectivity index (χ0v) is 20.6. The molecule has 0 bridgehead atoms. The van der Waals surface area contributed by atoms with Crippen molar-refractivity contribution < 1.29 is 22.7 Å². The summed E-state index contributed by atoms with van der Waals surface area (Å²) in [6.45, 7) is 5.72. The number of methoxy groups -OCH3 is 1. The summed E-state index contributed by atoms with van der Waals surface area (Å²) in [7, 11) is -2.40. The van der Waals surface area contributed by atoms with Crippen molar-refractivity contribution in [2.75, 3.05) is 24.6 Å². The summed E-state index contributed by atoms with van der Waals surface area (Å²) in [5.41, 5.74) is 2.19. The Labute approximate surface area is 201 Å². The number of hydrogen-bond donors (Lipinski definition) is 1. The van der Waals surface area contributed by atoms with Crippen LogP contribution in [0.25, 0.3) is 0 Å². The van der Waals surface area contributed by atoms with Crippen LogP contribution < -0.4 is 19.1 Å². The Kier molecular flexibility index (Phi) is 8.17. The van der Waals surface area contributed by atoms with Crippen LogP contribution in [0.15, 0.2) is 77.7 Å². The van der Waals surface area contributed by atoms with E-state index in [-0.39, 0.29) is 17.5 Å². The molecule has 1 N–H and O–H groups in total. The van der Waals surface area contributed by atoms with E-state index in [0.717, 1.165) is 15.4 Å². The van der Waals surface area contributed by atoms with Crippen LogP contribution in [0, 0.1) is 6.92 Å². The number of nitrogens with zero attached hydrogens (tertiary/aromatic N) is 1. The molecule has 0 aliphatic rings. The number of rotatable bonds is 10. The van der Waals surface area contributed by atoms with Gasteiger partial charge in [0, 0.05) is 0 Å². The molecule has 0 heterocycles. The molecular weight excluding hydrogens is 452 g/mol. The zero-order valence-electron chi connectivity index (χ0n) is 19.8. The first-order chi connectivity index (χ1) is 16.2. The number of amides is 1. The first-order valence-electron chi connectivity index (χ1n) is 11.0. The fourth-order valence-corrected chi connectivity index (χ4v) is 4.84. The molecule has 3 aromatic rings. The van der Waals surface area contributed by atoms with Crippen molar-refractivity contribution in [3.63, 3.8) is 0 Å². The highest BCUT2D eigenvalue weighted by Crippen LogP contribution is 2.26. The maximum absolute atomic E-state index is 13.5. The highest BCUT2D eigenvalue weighted by Gasteiger charge is 2.27. The number of carbonyl (C=O) groups excluding carboxylic acids is 1. The maximum atomic E-state index is 13.5. The zero-order chi connectivity index (χ0) is 24.7. The minimum Gasteiger partial charge on any atom is -0.497 e. The van der Waals surface area contributed by atoms with Gasteiger partial charge in [0.15, 0.2) is 0 Å². The van der Waals surface area contributed by atoms with Gasteiger partial charge in [0.2, 0.25) is 5.91 Å². The van der Waals surface area contributed by atoms with E-state index in [1.165, 1.54) is 0 Å². The van der Waals surface area contributed by atoms with Gasteiger partial charge in [-0.25, -0.2) is 8.42 Å². The fourth-order valence-electron chi connectivity index (χ4n) is 3.42. The third kappa shape index (κ3) is 6.08. The van der Waals surface area contributed by atoms with Crippen LogP contribution in [0.4, 0.5) is 5.69 Å². The molecular formula is C26H30N2O5S. The van der Waals surface area contributed by atoms with Crippen LogP contribution in [0.2, 0.25) is 0 Å². The summed E-state index contributed by atoms with van der Waals surface area (Å²) >= 11 is 0. The average molecular weight is 483 g/mol. The monoisotopic (exact) mass is 482 g/mol. The van der Waals surface area contributed by atoms with Crippen LogP contribution in [0.5, 0.6) is 11.5 Å². The molecule has 3 rings (SSSR count). The highest BCUT2D eigenvalue weighted by atomic mass is 32.2. The van der Waals surface area contributed by atoms with Gasteiger partial charge < -0.3 is 14.8 Å². The molecule has 0 fully saturated rings. The minimum absolute atomic E-state index is 0.114. The normalized spacial score (nSPS) is 12.0. The van der Waals surface area contributed by atoms with Crippen LogP contribution in [0.3, 0.4) is 0 Å². The number of hydrogen-bond acceptors (Lipinski definition) is 5. The first kappa shape index (κ1) is 25.1. The summed E-state index contributed by atoms with van der Waals surface area (Å²) in [5.74, 6) is 0.914. The van der Waals surface area contributed by atoms with Crippen LogP contribution >= 0.6 is 0 Å². The molecule has 0 saturated heterocycles. The van der Waals surface area contributed by atoms with Gasteiger partial charge in [0.25, 0.3) is 10.0 Å². The predicted octanol–water partition coefficient (Wildman–Crippen LogP) is 4.48. The Morgan fingerprint density at radius 2 is 1.53 bits per heavy atom. The van der Waals surface area contributed by atoms with Crippen molar-refractivity contribution in [3.8, 4) is 11.5 Å². The predicted molar refractivity (Wildman–Crippen MR) is 133 cm³/mol. The van der Waals surface area contributed by atoms with E-state index in [9.17, 15) is 13.2 Å². The smallest absolute Gasteiger partial charge is 0.264 e. The number of aryl methyl sites for hydroxylation is 1. The summed E-state index contributed by atoms with van der Waals surface area (Å²) in [4.78, 5) is 13.1. The summed E-state index contributed by atoms with van der Waals surface area (Å²) in [5, 5.41) is 2.89. The molecule has 0 aliphatic carbocycles. The minimum atomic E-state index is -3.99. The molecule has 3 aromatic carbocycles. The van der Waals surface area contributed by atoms with Gasteiger partial charge in [0.05, 0.1) is 30.3 Å². The van der Waals surface area contributed by atoms with Gasteiger partial charge >= 0.3 is 0 Å². The van der Waals surface area contributed by atoms with Gasteiger partial charge in [-0.2, -0.15) is 0 Å². The Bertz CT molecular complexity index is 1190. The summed E-state index contributed by atoms with van der Waals surface area (Å²) < 4.78 is 38.8. The van der Waals surface area contributed by atoms with E-state index < -0.39 is 15.9 Å². The molecule has 1 amide bonds. The molecule has 0 spiro atoms. The molecule has 7 nitrogen and oxygen atoms in total. The van der Waals surface area contributed by atoms with Crippen molar-refractivity contribution in [2.45, 2.75) is 31.7 Å². The van der Waals surface area contributed by atoms with E-state index in [1.54, 1.807) is 55.6 Å². The first-order valence-corrected chi connectivity index (χ1v) is 12.4. The Morgan fingerprint density at radius 3 is 2.09 bits per heavy atom. The van der Waals surface area contributed by atoms with E-state index in [4.69, 9.17) is 9.47 Å². The number of nitrogens with one attached hydrogen (secondary N) is 1. The standard InChI is InChI=1S/C26H30N2O5S/c1-5-33-24-14-10-22(11-15-24)28(34(30,31)25-16-6-19(2)7-17-25)18-26(29)27-20(3)21-8-12-23(32-4)13-9-21/h6-17,20H,5,18H2,1-4H3,(H,27,29). The molecule has 0 aromatic heterocycles. The second kappa shape index (κ2) is 11.1. The number of carbonyl (C=O) groups is 1. The quantitative estimate of drug-likeness (QED) is 0.461. The summed E-state index contributed by atoms with van der Waals surface area (Å²) in [6.07, 6.45) is 0. The van der Waals surface area contributed by atoms with Crippen molar-refractivity contribution in [3.05, 3.63) is 83.9 Å². The molecule has 1 unspecified atom stereocenters. The lowest BCUT2D eigenvalue weighted by Crippen LogP contribution is -2.41. The molecule has 180 valence electrons. The second-order valence-electron chi connectivity index (χ2n) is 7.81.